The topological polar surface area (TPSA) is 215 Å². The third kappa shape index (κ3) is 6.56. The Balaban J connectivity index is 1.62. The zero-order chi connectivity index (χ0) is 31.6. The van der Waals surface area contributed by atoms with Crippen molar-refractivity contribution in [2.24, 2.45) is 5.16 Å². The molecule has 2 aliphatic rings. The Kier molecular flexibility index (Phi) is 8.94. The molecule has 3 N–H and O–H groups in total. The lowest BCUT2D eigenvalue weighted by molar-refractivity contribution is -0.201. The number of ether oxygens (including phenoxy) is 2. The Morgan fingerprint density at radius 1 is 1.26 bits per heavy atom. The minimum atomic E-state index is -5.54. The fourth-order valence-corrected chi connectivity index (χ4v) is 5.77. The molecule has 21 heteroatoms. The molecule has 0 saturated carbocycles. The number of alkyl halides is 3. The van der Waals surface area contributed by atoms with E-state index in [1.807, 2.05) is 0 Å². The van der Waals surface area contributed by atoms with Crippen molar-refractivity contribution in [2.75, 3.05) is 25.7 Å². The molecule has 2 atom stereocenters. The van der Waals surface area contributed by atoms with Gasteiger partial charge >= 0.3 is 24.1 Å². The fourth-order valence-electron chi connectivity index (χ4n) is 3.89. The second kappa shape index (κ2) is 12.3. The van der Waals surface area contributed by atoms with Gasteiger partial charge in [0.1, 0.15) is 42.1 Å². The molecule has 0 radical (unpaired) electrons. The van der Waals surface area contributed by atoms with Gasteiger partial charge in [-0.05, 0) is 5.57 Å². The van der Waals surface area contributed by atoms with Gasteiger partial charge in [-0.1, -0.05) is 5.16 Å². The van der Waals surface area contributed by atoms with E-state index in [0.717, 1.165) is 48.3 Å². The van der Waals surface area contributed by atoms with Gasteiger partial charge < -0.3 is 29.9 Å². The Morgan fingerprint density at radius 3 is 2.58 bits per heavy atom. The molecule has 4 heterocycles. The van der Waals surface area contributed by atoms with Crippen LogP contribution >= 0.6 is 23.1 Å². The smallest absolute Gasteiger partial charge is 0.469 e. The number of fused-ring (bicyclic) bond motifs is 1. The van der Waals surface area contributed by atoms with Crippen molar-refractivity contribution in [1.29, 1.82) is 0 Å². The van der Waals surface area contributed by atoms with Crippen LogP contribution in [0.2, 0.25) is 0 Å². The normalized spacial score (nSPS) is 18.5. The highest BCUT2D eigenvalue weighted by molar-refractivity contribution is 8.00. The standard InChI is InChI=1S/C22H19F3N6O10S2/c1-38-12(33)4-9-3-11(32)30(41-9)5-8-6-42-18-14(28-16(34)13(29-39-2)10-7-43-21(26)27-10)17(35)31(18)15(8)19(36)40-20(37)22(23,24)25/h3,7,14,18H,4-6H2,1-2H3,(H2,26,27)(H,28,34)/b29-13-. The van der Waals surface area contributed by atoms with Crippen LogP contribution in [0.4, 0.5) is 18.3 Å². The summed E-state index contributed by atoms with van der Waals surface area (Å²) < 4.78 is 53.0. The van der Waals surface area contributed by atoms with Crippen LogP contribution in [0, 0.1) is 0 Å². The van der Waals surface area contributed by atoms with E-state index in [-0.39, 0.29) is 33.6 Å². The van der Waals surface area contributed by atoms with E-state index in [9.17, 15) is 41.9 Å². The number of nitrogens with zero attached hydrogens (tertiary/aromatic N) is 4. The van der Waals surface area contributed by atoms with Gasteiger partial charge in [-0.3, -0.25) is 24.1 Å². The molecule has 16 nitrogen and oxygen atoms in total. The Bertz CT molecular complexity index is 1610. The van der Waals surface area contributed by atoms with Gasteiger partial charge in [0.15, 0.2) is 10.8 Å². The molecule has 0 aromatic carbocycles. The Labute approximate surface area is 245 Å². The van der Waals surface area contributed by atoms with Crippen LogP contribution < -0.4 is 16.6 Å². The third-order valence-corrected chi connectivity index (χ3v) is 7.76. The zero-order valence-corrected chi connectivity index (χ0v) is 23.5. The molecular formula is C22H19F3N6O10S2. The van der Waals surface area contributed by atoms with E-state index in [0.29, 0.717) is 4.74 Å². The van der Waals surface area contributed by atoms with E-state index >= 15 is 0 Å². The maximum atomic E-state index is 13.2. The number of esters is 3. The minimum Gasteiger partial charge on any atom is -0.469 e. The highest BCUT2D eigenvalue weighted by Crippen LogP contribution is 2.41. The van der Waals surface area contributed by atoms with Crippen LogP contribution in [0.3, 0.4) is 0 Å². The van der Waals surface area contributed by atoms with Gasteiger partial charge in [-0.25, -0.2) is 14.6 Å². The first-order valence-electron chi connectivity index (χ1n) is 11.6. The number of thioether (sulfide) groups is 1. The molecule has 2 amide bonds. The monoisotopic (exact) mass is 648 g/mol. The van der Waals surface area contributed by atoms with E-state index in [4.69, 9.17) is 10.3 Å². The summed E-state index contributed by atoms with van der Waals surface area (Å²) in [6.07, 6.45) is -5.96. The quantitative estimate of drug-likeness (QED) is 0.116. The molecule has 1 saturated heterocycles. The van der Waals surface area contributed by atoms with Crippen molar-refractivity contribution in [3.05, 3.63) is 44.5 Å². The summed E-state index contributed by atoms with van der Waals surface area (Å²) in [6, 6.07) is -0.354. The number of oxime groups is 1. The van der Waals surface area contributed by atoms with Crippen molar-refractivity contribution in [3.8, 4) is 0 Å². The van der Waals surface area contributed by atoms with Gasteiger partial charge in [-0.15, -0.1) is 23.1 Å². The van der Waals surface area contributed by atoms with Gasteiger partial charge in [0, 0.05) is 17.2 Å². The fraction of sp³-hybridized carbons (Fsp3) is 0.364. The Morgan fingerprint density at radius 2 is 1.98 bits per heavy atom. The number of hydrogen-bond acceptors (Lipinski definition) is 15. The first-order valence-corrected chi connectivity index (χ1v) is 13.6. The molecular weight excluding hydrogens is 629 g/mol. The molecule has 4 rings (SSSR count). The molecule has 2 unspecified atom stereocenters. The molecule has 1 fully saturated rings. The van der Waals surface area contributed by atoms with Crippen LogP contribution in [-0.4, -0.2) is 87.6 Å². The second-order valence-electron chi connectivity index (χ2n) is 8.51. The SMILES string of the molecule is CO/N=C(\C(=O)NC1C(=O)N2C(C(=O)OC(=O)C(F)(F)F)=C(Cn3oc(CC(=O)OC)cc3=O)CSC12)c1csc(N)n1. The predicted molar refractivity (Wildman–Crippen MR) is 138 cm³/mol. The number of methoxy groups -OCH3 is 1. The number of β-lactam (4-membered cyclic amide) rings is 1. The number of nitrogens with two attached hydrogens (primary N) is 1. The van der Waals surface area contributed by atoms with Crippen LogP contribution in [0.25, 0.3) is 0 Å². The molecule has 230 valence electrons. The number of amides is 2. The van der Waals surface area contributed by atoms with Gasteiger partial charge in [0.25, 0.3) is 17.4 Å². The van der Waals surface area contributed by atoms with Crippen molar-refractivity contribution in [3.63, 3.8) is 0 Å². The number of halogens is 3. The van der Waals surface area contributed by atoms with E-state index < -0.39 is 71.5 Å². The molecule has 2 aliphatic heterocycles. The molecule has 2 aromatic rings. The molecule has 0 bridgehead atoms. The number of carbonyl (C=O) groups excluding carboxylic acids is 5. The van der Waals surface area contributed by atoms with Gasteiger partial charge in [0.05, 0.1) is 13.7 Å². The summed E-state index contributed by atoms with van der Waals surface area (Å²) in [6.45, 7) is -0.568. The van der Waals surface area contributed by atoms with Crippen molar-refractivity contribution >= 4 is 63.7 Å². The summed E-state index contributed by atoms with van der Waals surface area (Å²) in [4.78, 5) is 83.7. The number of rotatable bonds is 9. The van der Waals surface area contributed by atoms with Crippen molar-refractivity contribution in [1.82, 2.24) is 19.9 Å². The minimum absolute atomic E-state index is 0.0364. The average molecular weight is 649 g/mol. The lowest BCUT2D eigenvalue weighted by atomic mass is 10.0. The number of aromatic nitrogens is 2. The third-order valence-electron chi connectivity index (χ3n) is 5.74. The number of nitrogens with one attached hydrogen (secondary N) is 1. The maximum absolute atomic E-state index is 13.2. The highest BCUT2D eigenvalue weighted by atomic mass is 32.2. The van der Waals surface area contributed by atoms with Crippen LogP contribution in [0.1, 0.15) is 11.5 Å². The largest absolute Gasteiger partial charge is 0.491 e. The molecule has 2 aromatic heterocycles. The van der Waals surface area contributed by atoms with Crippen LogP contribution in [-0.2, 0) is 51.2 Å². The van der Waals surface area contributed by atoms with Gasteiger partial charge in [-0.2, -0.15) is 17.9 Å². The molecule has 0 spiro atoms. The number of hydrogen-bond donors (Lipinski definition) is 2. The lowest BCUT2D eigenvalue weighted by Gasteiger charge is -2.49. The number of anilines is 1. The van der Waals surface area contributed by atoms with Gasteiger partial charge in [0.2, 0.25) is 0 Å². The maximum Gasteiger partial charge on any atom is 0.491 e. The average Bonchev–Trinajstić information content (AvgIpc) is 3.53. The summed E-state index contributed by atoms with van der Waals surface area (Å²) in [5, 5.41) is 6.48. The highest BCUT2D eigenvalue weighted by Gasteiger charge is 2.55. The zero-order valence-electron chi connectivity index (χ0n) is 21.8. The summed E-state index contributed by atoms with van der Waals surface area (Å²) in [5.74, 6) is -7.58. The summed E-state index contributed by atoms with van der Waals surface area (Å²) >= 11 is 1.98. The van der Waals surface area contributed by atoms with E-state index in [1.54, 1.807) is 0 Å². The lowest BCUT2D eigenvalue weighted by Crippen LogP contribution is -2.71. The van der Waals surface area contributed by atoms with E-state index in [2.05, 4.69) is 29.8 Å². The number of thiazole rings is 1. The van der Waals surface area contributed by atoms with Crippen LogP contribution in [0.5, 0.6) is 0 Å². The molecule has 43 heavy (non-hydrogen) atoms. The molecule has 0 aliphatic carbocycles. The number of carbonyl (C=O) groups is 5. The number of nitrogen functional groups attached to an aromatic ring is 1. The summed E-state index contributed by atoms with van der Waals surface area (Å²) in [5.41, 5.74) is 3.63. The summed E-state index contributed by atoms with van der Waals surface area (Å²) in [7, 11) is 2.27. The first kappa shape index (κ1) is 31.3. The second-order valence-corrected chi connectivity index (χ2v) is 10.5. The van der Waals surface area contributed by atoms with Crippen LogP contribution in [0.15, 0.2) is 37.2 Å². The Hall–Kier alpha value is -4.66. The van der Waals surface area contributed by atoms with E-state index in [1.165, 1.54) is 5.38 Å². The van der Waals surface area contributed by atoms with Crippen molar-refractivity contribution < 1.29 is 56.0 Å². The first-order chi connectivity index (χ1) is 20.2. The predicted octanol–water partition coefficient (Wildman–Crippen LogP) is -0.468. The van der Waals surface area contributed by atoms with Crippen molar-refractivity contribution in [2.45, 2.75) is 30.6 Å².